The van der Waals surface area contributed by atoms with E-state index < -0.39 is 0 Å². The lowest BCUT2D eigenvalue weighted by atomic mass is 10.2. The minimum atomic E-state index is -0.245. The van der Waals surface area contributed by atoms with Gasteiger partial charge in [0.1, 0.15) is 5.69 Å². The van der Waals surface area contributed by atoms with Gasteiger partial charge in [0.2, 0.25) is 5.95 Å². The zero-order valence-corrected chi connectivity index (χ0v) is 16.0. The molecule has 0 fully saturated rings. The maximum Gasteiger partial charge on any atom is 0.274 e. The summed E-state index contributed by atoms with van der Waals surface area (Å²) >= 11 is 5.97. The highest BCUT2D eigenvalue weighted by Crippen LogP contribution is 2.20. The minimum Gasteiger partial charge on any atom is -0.341 e. The molecule has 0 unspecified atom stereocenters. The Hall–Kier alpha value is -2.14. The summed E-state index contributed by atoms with van der Waals surface area (Å²) in [6.07, 6.45) is 2.01. The molecule has 1 aromatic heterocycles. The van der Waals surface area contributed by atoms with E-state index in [1.54, 1.807) is 18.2 Å². The summed E-state index contributed by atoms with van der Waals surface area (Å²) in [5, 5.41) is 3.55. The summed E-state index contributed by atoms with van der Waals surface area (Å²) in [6.45, 7) is 9.77. The molecule has 0 atom stereocenters. The van der Waals surface area contributed by atoms with Gasteiger partial charge in [-0.2, -0.15) is 0 Å². The Morgan fingerprint density at radius 2 is 1.80 bits per heavy atom. The predicted molar refractivity (Wildman–Crippen MR) is 104 cm³/mol. The van der Waals surface area contributed by atoms with Crippen LogP contribution < -0.4 is 10.2 Å². The van der Waals surface area contributed by atoms with Crippen molar-refractivity contribution in [3.63, 3.8) is 0 Å². The minimum absolute atomic E-state index is 0.245. The van der Waals surface area contributed by atoms with Crippen LogP contribution in [-0.4, -0.2) is 29.0 Å². The third-order valence-corrected chi connectivity index (χ3v) is 4.02. The van der Waals surface area contributed by atoms with Crippen LogP contribution in [-0.2, 0) is 0 Å². The van der Waals surface area contributed by atoms with E-state index in [2.05, 4.69) is 34.0 Å². The van der Waals surface area contributed by atoms with Gasteiger partial charge in [-0.1, -0.05) is 25.4 Å². The van der Waals surface area contributed by atoms with Crippen LogP contribution >= 0.6 is 11.6 Å². The highest BCUT2D eigenvalue weighted by molar-refractivity contribution is 6.30. The summed E-state index contributed by atoms with van der Waals surface area (Å²) in [7, 11) is 0. The van der Waals surface area contributed by atoms with Crippen LogP contribution in [0.4, 0.5) is 11.6 Å². The number of benzene rings is 1. The molecule has 25 heavy (non-hydrogen) atoms. The highest BCUT2D eigenvalue weighted by Gasteiger charge is 2.15. The van der Waals surface area contributed by atoms with E-state index in [4.69, 9.17) is 11.6 Å². The summed E-state index contributed by atoms with van der Waals surface area (Å²) in [5.41, 5.74) is 2.78. The lowest BCUT2D eigenvalue weighted by molar-refractivity contribution is 0.102. The SMILES string of the molecule is CCCN(CCC)c1nc(C)cc(C(=O)Nc2ccc(Cl)cc2C)n1. The first-order chi connectivity index (χ1) is 11.9. The Morgan fingerprint density at radius 1 is 1.12 bits per heavy atom. The molecule has 1 amide bonds. The number of hydrogen-bond acceptors (Lipinski definition) is 4. The molecule has 134 valence electrons. The van der Waals surface area contributed by atoms with Crippen LogP contribution in [0.25, 0.3) is 0 Å². The van der Waals surface area contributed by atoms with Gasteiger partial charge in [0, 0.05) is 29.5 Å². The fourth-order valence-electron chi connectivity index (χ4n) is 2.62. The average Bonchev–Trinajstić information content (AvgIpc) is 2.56. The van der Waals surface area contributed by atoms with Crippen molar-refractivity contribution in [2.75, 3.05) is 23.3 Å². The van der Waals surface area contributed by atoms with Crippen molar-refractivity contribution in [1.29, 1.82) is 0 Å². The standard InChI is InChI=1S/C19H25ClN4O/c1-5-9-24(10-6-2)19-21-14(4)12-17(23-19)18(25)22-16-8-7-15(20)11-13(16)3/h7-8,11-12H,5-6,9-10H2,1-4H3,(H,22,25). The van der Waals surface area contributed by atoms with E-state index >= 15 is 0 Å². The molecule has 0 aliphatic rings. The number of carbonyl (C=O) groups is 1. The van der Waals surface area contributed by atoms with Gasteiger partial charge in [0.25, 0.3) is 5.91 Å². The van der Waals surface area contributed by atoms with E-state index in [1.165, 1.54) is 0 Å². The molecule has 0 saturated heterocycles. The van der Waals surface area contributed by atoms with Crippen molar-refractivity contribution in [3.05, 3.63) is 46.2 Å². The Bertz CT molecular complexity index is 742. The molecule has 5 nitrogen and oxygen atoms in total. The van der Waals surface area contributed by atoms with Crippen molar-refractivity contribution in [2.45, 2.75) is 40.5 Å². The number of rotatable bonds is 7. The van der Waals surface area contributed by atoms with Gasteiger partial charge in [-0.25, -0.2) is 9.97 Å². The van der Waals surface area contributed by atoms with Crippen LogP contribution in [0.1, 0.15) is 48.4 Å². The third-order valence-electron chi connectivity index (χ3n) is 3.78. The second-order valence-electron chi connectivity index (χ2n) is 6.09. The van der Waals surface area contributed by atoms with Gasteiger partial charge >= 0.3 is 0 Å². The van der Waals surface area contributed by atoms with E-state index in [9.17, 15) is 4.79 Å². The predicted octanol–water partition coefficient (Wildman–Crippen LogP) is 4.63. The van der Waals surface area contributed by atoms with E-state index in [0.717, 1.165) is 42.9 Å². The van der Waals surface area contributed by atoms with Crippen molar-refractivity contribution in [2.24, 2.45) is 0 Å². The van der Waals surface area contributed by atoms with E-state index in [1.807, 2.05) is 19.9 Å². The lowest BCUT2D eigenvalue weighted by Crippen LogP contribution is -2.28. The van der Waals surface area contributed by atoms with Gasteiger partial charge in [-0.15, -0.1) is 0 Å². The number of halogens is 1. The topological polar surface area (TPSA) is 58.1 Å². The molecule has 1 heterocycles. The summed E-state index contributed by atoms with van der Waals surface area (Å²) in [5.74, 6) is 0.367. The number of nitrogens with zero attached hydrogens (tertiary/aromatic N) is 3. The Kier molecular flexibility index (Phi) is 6.76. The van der Waals surface area contributed by atoms with Gasteiger partial charge in [0.05, 0.1) is 0 Å². The van der Waals surface area contributed by atoms with E-state index in [0.29, 0.717) is 16.7 Å². The van der Waals surface area contributed by atoms with Gasteiger partial charge < -0.3 is 10.2 Å². The number of carbonyl (C=O) groups excluding carboxylic acids is 1. The maximum absolute atomic E-state index is 12.6. The molecule has 2 aromatic rings. The third kappa shape index (κ3) is 5.16. The lowest BCUT2D eigenvalue weighted by Gasteiger charge is -2.22. The van der Waals surface area contributed by atoms with Crippen molar-refractivity contribution >= 4 is 29.1 Å². The van der Waals surface area contributed by atoms with Crippen LogP contribution in [0.5, 0.6) is 0 Å². The van der Waals surface area contributed by atoms with E-state index in [-0.39, 0.29) is 5.91 Å². The zero-order valence-electron chi connectivity index (χ0n) is 15.3. The Morgan fingerprint density at radius 3 is 2.40 bits per heavy atom. The normalized spacial score (nSPS) is 10.6. The number of aromatic nitrogens is 2. The second-order valence-corrected chi connectivity index (χ2v) is 6.53. The highest BCUT2D eigenvalue weighted by atomic mass is 35.5. The number of aryl methyl sites for hydroxylation is 2. The number of anilines is 2. The molecule has 0 saturated carbocycles. The molecule has 0 spiro atoms. The zero-order chi connectivity index (χ0) is 18.4. The van der Waals surface area contributed by atoms with Crippen LogP contribution in [0, 0.1) is 13.8 Å². The first-order valence-electron chi connectivity index (χ1n) is 8.62. The summed E-state index contributed by atoms with van der Waals surface area (Å²) < 4.78 is 0. The van der Waals surface area contributed by atoms with Crippen molar-refractivity contribution in [3.8, 4) is 0 Å². The monoisotopic (exact) mass is 360 g/mol. The Labute approximate surface area is 154 Å². The second kappa shape index (κ2) is 8.81. The molecule has 0 bridgehead atoms. The molecule has 6 heteroatoms. The quantitative estimate of drug-likeness (QED) is 0.782. The molecule has 0 aliphatic carbocycles. The van der Waals surface area contributed by atoms with Crippen LogP contribution in [0.3, 0.4) is 0 Å². The van der Waals surface area contributed by atoms with Gasteiger partial charge in [-0.05, 0) is 56.5 Å². The molecular weight excluding hydrogens is 336 g/mol. The first-order valence-corrected chi connectivity index (χ1v) is 9.00. The van der Waals surface area contributed by atoms with Gasteiger partial charge in [-0.3, -0.25) is 4.79 Å². The smallest absolute Gasteiger partial charge is 0.274 e. The maximum atomic E-state index is 12.6. The first kappa shape index (κ1) is 19.2. The van der Waals surface area contributed by atoms with Crippen LogP contribution in [0.15, 0.2) is 24.3 Å². The number of hydrogen-bond donors (Lipinski definition) is 1. The van der Waals surface area contributed by atoms with Gasteiger partial charge in [0.15, 0.2) is 0 Å². The molecule has 2 rings (SSSR count). The summed E-state index contributed by atoms with van der Waals surface area (Å²) in [6, 6.07) is 7.08. The fourth-order valence-corrected chi connectivity index (χ4v) is 2.84. The summed E-state index contributed by atoms with van der Waals surface area (Å²) in [4.78, 5) is 23.8. The fraction of sp³-hybridized carbons (Fsp3) is 0.421. The molecule has 0 radical (unpaired) electrons. The largest absolute Gasteiger partial charge is 0.341 e. The number of amides is 1. The Balaban J connectivity index is 2.27. The van der Waals surface area contributed by atoms with Crippen molar-refractivity contribution in [1.82, 2.24) is 9.97 Å². The number of nitrogens with one attached hydrogen (secondary N) is 1. The van der Waals surface area contributed by atoms with Crippen molar-refractivity contribution < 1.29 is 4.79 Å². The molecule has 1 N–H and O–H groups in total. The molecule has 0 aliphatic heterocycles. The molecular formula is C19H25ClN4O. The van der Waals surface area contributed by atoms with Crippen LogP contribution in [0.2, 0.25) is 5.02 Å². The molecule has 1 aromatic carbocycles. The average molecular weight is 361 g/mol.